The topological polar surface area (TPSA) is 168 Å². The van der Waals surface area contributed by atoms with Crippen molar-refractivity contribution in [3.05, 3.63) is 87.6 Å². The number of aromatic nitrogens is 1. The molecule has 0 saturated carbocycles. The molecule has 15 heteroatoms. The fourth-order valence-electron chi connectivity index (χ4n) is 10.7. The van der Waals surface area contributed by atoms with Crippen LogP contribution in [0.3, 0.4) is 0 Å². The highest BCUT2D eigenvalue weighted by atomic mass is 32.2. The highest BCUT2D eigenvalue weighted by Gasteiger charge is 2.62. The van der Waals surface area contributed by atoms with Gasteiger partial charge in [0.2, 0.25) is 6.79 Å². The van der Waals surface area contributed by atoms with E-state index in [2.05, 4.69) is 44.9 Å². The summed E-state index contributed by atoms with van der Waals surface area (Å²) in [6.45, 7) is 7.64. The zero-order valence-corrected chi connectivity index (χ0v) is 33.4. The Morgan fingerprint density at radius 3 is 2.78 bits per heavy atom. The second kappa shape index (κ2) is 13.6. The number of carbonyl (C=O) groups is 2. The van der Waals surface area contributed by atoms with Gasteiger partial charge in [-0.2, -0.15) is 5.26 Å². The number of piperazine rings is 1. The van der Waals surface area contributed by atoms with E-state index < -0.39 is 47.1 Å². The Labute approximate surface area is 338 Å². The Balaban J connectivity index is 1.24. The van der Waals surface area contributed by atoms with Gasteiger partial charge < -0.3 is 38.5 Å². The second-order valence-corrected chi connectivity index (χ2v) is 16.9. The second-order valence-electron chi connectivity index (χ2n) is 15.8. The smallest absolute Gasteiger partial charge is 0.504 e. The van der Waals surface area contributed by atoms with E-state index in [1.54, 1.807) is 7.11 Å². The molecule has 300 valence electrons. The predicted molar refractivity (Wildman–Crippen MR) is 212 cm³/mol. The first kappa shape index (κ1) is 36.9. The van der Waals surface area contributed by atoms with Gasteiger partial charge in [-0.15, -0.1) is 11.8 Å². The van der Waals surface area contributed by atoms with E-state index in [0.29, 0.717) is 58.9 Å². The van der Waals surface area contributed by atoms with Crippen LogP contribution < -0.4 is 24.3 Å². The van der Waals surface area contributed by atoms with E-state index in [1.165, 1.54) is 17.8 Å². The molecule has 1 spiro atoms. The Morgan fingerprint density at radius 1 is 1.17 bits per heavy atom. The SMILES string of the molecule is C=CCOC(=O)Oc1c(C)c2c(c3c1[C@H]1SC[C@]4(NCCc5c4[nH]c4ccccc54)C(=O)OC[C@@H]3N3C1[C@@H]1c4c(cc(C)c(OC)c4O)C[C@@H]([C@@H]3C#N)N1C)OCO2. The first-order valence-electron chi connectivity index (χ1n) is 19.5. The highest BCUT2D eigenvalue weighted by Crippen LogP contribution is 2.64. The average Bonchev–Trinajstić information content (AvgIpc) is 3.86. The molecule has 8 heterocycles. The number of hydrogen-bond acceptors (Lipinski definition) is 14. The van der Waals surface area contributed by atoms with Crippen LogP contribution in [-0.4, -0.2) is 96.6 Å². The van der Waals surface area contributed by atoms with Crippen LogP contribution >= 0.6 is 11.8 Å². The molecular formula is C43H43N5O9S. The molecule has 3 N–H and O–H groups in total. The van der Waals surface area contributed by atoms with E-state index in [4.69, 9.17) is 28.4 Å². The Kier molecular flexibility index (Phi) is 8.65. The van der Waals surface area contributed by atoms with Gasteiger partial charge in [-0.05, 0) is 56.5 Å². The molecule has 14 nitrogen and oxygen atoms in total. The molecule has 11 rings (SSSR count). The number of rotatable bonds is 4. The Morgan fingerprint density at radius 2 is 1.98 bits per heavy atom. The maximum atomic E-state index is 14.9. The number of methoxy groups -OCH3 is 1. The summed E-state index contributed by atoms with van der Waals surface area (Å²) < 4.78 is 36.2. The third kappa shape index (κ3) is 5.01. The van der Waals surface area contributed by atoms with Gasteiger partial charge in [-0.1, -0.05) is 36.9 Å². The number of fused-ring (bicyclic) bond motifs is 11. The molecule has 0 amide bonds. The van der Waals surface area contributed by atoms with Crippen molar-refractivity contribution in [1.29, 1.82) is 5.26 Å². The molecule has 58 heavy (non-hydrogen) atoms. The van der Waals surface area contributed by atoms with Gasteiger partial charge in [-0.25, -0.2) is 9.59 Å². The van der Waals surface area contributed by atoms with Gasteiger partial charge in [-0.3, -0.25) is 15.1 Å². The fourth-order valence-corrected chi connectivity index (χ4v) is 12.4. The van der Waals surface area contributed by atoms with E-state index in [9.17, 15) is 20.0 Å². The molecule has 7 aliphatic heterocycles. The number of aromatic hydroxyl groups is 1. The molecule has 4 bridgehead atoms. The van der Waals surface area contributed by atoms with Crippen molar-refractivity contribution in [3.8, 4) is 34.8 Å². The Bertz CT molecular complexity index is 2480. The lowest BCUT2D eigenvalue weighted by Crippen LogP contribution is -2.69. The number of phenols is 1. The first-order valence-corrected chi connectivity index (χ1v) is 20.5. The molecule has 1 aromatic heterocycles. The van der Waals surface area contributed by atoms with Crippen molar-refractivity contribution in [2.24, 2.45) is 0 Å². The maximum Gasteiger partial charge on any atom is 0.514 e. The number of nitrogens with zero attached hydrogens (tertiary/aromatic N) is 3. The molecule has 7 atom stereocenters. The molecule has 0 radical (unpaired) electrons. The van der Waals surface area contributed by atoms with Crippen molar-refractivity contribution in [2.45, 2.75) is 67.7 Å². The van der Waals surface area contributed by atoms with Gasteiger partial charge in [0.05, 0.1) is 36.2 Å². The summed E-state index contributed by atoms with van der Waals surface area (Å²) in [5.41, 5.74) is 5.73. The van der Waals surface area contributed by atoms with Crippen LogP contribution in [0.15, 0.2) is 43.0 Å². The Hall–Kier alpha value is -5.40. The molecule has 4 aromatic rings. The number of phenolic OH excluding ortho intramolecular Hbond substituents is 1. The standard InChI is InChI=1S/C43H43N5O9S/c1-6-13-53-42(51)57-36-21(3)37-38(56-19-55-37)30-28-17-54-41(50)43(40-24(11-12-45-43)23-9-7-8-10-25(23)46-40)18-58-39(31(30)36)33-32-29-22(14-20(2)35(52-5)34(29)49)15-26(47(32)4)27(16-44)48(28)33/h6-10,14,26-28,32-33,39,45-46,49H,1,11-13,15,17-19H2,2-5H3/t26-,27-,28-,32-,33?,39+,43+/m0/s1. The monoisotopic (exact) mass is 805 g/mol. The number of H-pyrrole nitrogens is 1. The number of para-hydroxylation sites is 1. The van der Waals surface area contributed by atoms with E-state index in [-0.39, 0.29) is 43.3 Å². The number of ether oxygens (including phenoxy) is 6. The molecular weight excluding hydrogens is 763 g/mol. The third-order valence-corrected chi connectivity index (χ3v) is 14.5. The summed E-state index contributed by atoms with van der Waals surface area (Å²) in [6.07, 6.45) is 1.75. The average molecular weight is 806 g/mol. The van der Waals surface area contributed by atoms with Crippen molar-refractivity contribution < 1.29 is 43.1 Å². The van der Waals surface area contributed by atoms with Crippen LogP contribution in [0.2, 0.25) is 0 Å². The van der Waals surface area contributed by atoms with Crippen LogP contribution in [0.5, 0.6) is 28.7 Å². The summed E-state index contributed by atoms with van der Waals surface area (Å²) in [4.78, 5) is 36.3. The van der Waals surface area contributed by atoms with Crippen molar-refractivity contribution in [3.63, 3.8) is 0 Å². The number of thioether (sulfide) groups is 1. The molecule has 7 aliphatic rings. The van der Waals surface area contributed by atoms with Crippen molar-refractivity contribution in [2.75, 3.05) is 46.5 Å². The molecule has 1 unspecified atom stereocenters. The van der Waals surface area contributed by atoms with Crippen LogP contribution in [0.25, 0.3) is 10.9 Å². The van der Waals surface area contributed by atoms with Crippen LogP contribution in [0, 0.1) is 25.2 Å². The summed E-state index contributed by atoms with van der Waals surface area (Å²) in [6, 6.07) is 9.98. The van der Waals surface area contributed by atoms with E-state index in [1.807, 2.05) is 39.1 Å². The number of likely N-dealkylation sites (N-methyl/N-ethyl adjacent to an activating group) is 1. The normalized spacial score (nSPS) is 28.1. The zero-order chi connectivity index (χ0) is 40.2. The first-order chi connectivity index (χ1) is 28.1. The number of aryl methyl sites for hydroxylation is 1. The van der Waals surface area contributed by atoms with Crippen LogP contribution in [0.1, 0.15) is 62.0 Å². The van der Waals surface area contributed by atoms with E-state index in [0.717, 1.165) is 33.3 Å². The van der Waals surface area contributed by atoms with Crippen molar-refractivity contribution >= 4 is 34.8 Å². The minimum Gasteiger partial charge on any atom is -0.504 e. The lowest BCUT2D eigenvalue weighted by atomic mass is 9.71. The van der Waals surface area contributed by atoms with Crippen LogP contribution in [-0.2, 0) is 32.6 Å². The number of nitrogens with one attached hydrogen (secondary N) is 2. The molecule has 3 aromatic carbocycles. The van der Waals surface area contributed by atoms with Gasteiger partial charge >= 0.3 is 12.1 Å². The number of benzene rings is 3. The minimum atomic E-state index is -1.28. The zero-order valence-electron chi connectivity index (χ0n) is 32.5. The fraction of sp³-hybridized carbons (Fsp3) is 0.419. The highest BCUT2D eigenvalue weighted by molar-refractivity contribution is 7.99. The largest absolute Gasteiger partial charge is 0.514 e. The lowest BCUT2D eigenvalue weighted by Gasteiger charge is -2.62. The van der Waals surface area contributed by atoms with E-state index >= 15 is 0 Å². The van der Waals surface area contributed by atoms with Gasteiger partial charge in [0, 0.05) is 57.5 Å². The lowest BCUT2D eigenvalue weighted by molar-refractivity contribution is -0.157. The summed E-state index contributed by atoms with van der Waals surface area (Å²) in [7, 11) is 3.55. The molecule has 0 aliphatic carbocycles. The quantitative estimate of drug-likeness (QED) is 0.134. The summed E-state index contributed by atoms with van der Waals surface area (Å²) >= 11 is 1.52. The van der Waals surface area contributed by atoms with Crippen LogP contribution in [0.4, 0.5) is 4.79 Å². The third-order valence-electron chi connectivity index (χ3n) is 13.0. The number of hydrogen-bond donors (Lipinski definition) is 3. The number of aromatic amines is 1. The summed E-state index contributed by atoms with van der Waals surface area (Å²) in [5.74, 6) is 1.30. The van der Waals surface area contributed by atoms with Gasteiger partial charge in [0.1, 0.15) is 25.0 Å². The number of carbonyl (C=O) groups excluding carboxylic acids is 2. The minimum absolute atomic E-state index is 0.0484. The summed E-state index contributed by atoms with van der Waals surface area (Å²) in [5, 5.41) is 27.4. The maximum absolute atomic E-state index is 14.9. The predicted octanol–water partition coefficient (Wildman–Crippen LogP) is 5.53. The van der Waals surface area contributed by atoms with Crippen molar-refractivity contribution in [1.82, 2.24) is 20.1 Å². The van der Waals surface area contributed by atoms with Gasteiger partial charge in [0.15, 0.2) is 28.5 Å². The number of esters is 1. The number of nitriles is 1. The molecule has 2 fully saturated rings. The molecule has 2 saturated heterocycles. The van der Waals surface area contributed by atoms with Gasteiger partial charge in [0.25, 0.3) is 0 Å².